The molecule has 1 aromatic heterocycles. The lowest BCUT2D eigenvalue weighted by Crippen LogP contribution is -2.52. The van der Waals surface area contributed by atoms with Gasteiger partial charge in [-0.25, -0.2) is 8.42 Å². The highest BCUT2D eigenvalue weighted by molar-refractivity contribution is 14.0. The molecule has 1 N–H and O–H groups in total. The number of hydrogen-bond donors (Lipinski definition) is 1. The van der Waals surface area contributed by atoms with Gasteiger partial charge in [-0.2, -0.15) is 0 Å². The highest BCUT2D eigenvalue weighted by atomic mass is 127. The minimum Gasteiger partial charge on any atom is -0.378 e. The van der Waals surface area contributed by atoms with Gasteiger partial charge in [-0.3, -0.25) is 9.89 Å². The Balaban J connectivity index is 0.00000364. The molecule has 27 heavy (non-hydrogen) atoms. The van der Waals surface area contributed by atoms with E-state index in [4.69, 9.17) is 9.26 Å². The third-order valence-electron chi connectivity index (χ3n) is 3.98. The summed E-state index contributed by atoms with van der Waals surface area (Å²) in [6, 6.07) is 1.89. The van der Waals surface area contributed by atoms with Crippen LogP contribution in [0.15, 0.2) is 21.8 Å². The lowest BCUT2D eigenvalue weighted by molar-refractivity contribution is 0.155. The first-order chi connectivity index (χ1) is 12.5. The van der Waals surface area contributed by atoms with Crippen molar-refractivity contribution in [1.29, 1.82) is 0 Å². The highest BCUT2D eigenvalue weighted by Crippen LogP contribution is 2.07. The van der Waals surface area contributed by atoms with E-state index in [1.54, 1.807) is 6.26 Å². The van der Waals surface area contributed by atoms with Crippen LogP contribution in [0.2, 0.25) is 0 Å². The summed E-state index contributed by atoms with van der Waals surface area (Å²) < 4.78 is 32.3. The zero-order valence-electron chi connectivity index (χ0n) is 16.0. The maximum Gasteiger partial charge on any atom is 0.194 e. The van der Waals surface area contributed by atoms with Crippen molar-refractivity contribution in [3.8, 4) is 0 Å². The predicted octanol–water partition coefficient (Wildman–Crippen LogP) is 0.437. The molecule has 9 nitrogen and oxygen atoms in total. The van der Waals surface area contributed by atoms with Gasteiger partial charge in [-0.05, 0) is 6.92 Å². The zero-order valence-corrected chi connectivity index (χ0v) is 19.1. The Hall–Kier alpha value is -0.920. The van der Waals surface area contributed by atoms with E-state index in [1.807, 2.05) is 13.0 Å². The molecule has 0 saturated carbocycles. The molecule has 0 bridgehead atoms. The van der Waals surface area contributed by atoms with E-state index in [1.165, 1.54) is 6.26 Å². The fraction of sp³-hybridized carbons (Fsp3) is 0.750. The monoisotopic (exact) mass is 515 g/mol. The van der Waals surface area contributed by atoms with Crippen molar-refractivity contribution in [2.75, 3.05) is 64.5 Å². The van der Waals surface area contributed by atoms with Crippen LogP contribution < -0.4 is 5.32 Å². The van der Waals surface area contributed by atoms with Crippen LogP contribution in [-0.4, -0.2) is 93.8 Å². The Morgan fingerprint density at radius 3 is 2.67 bits per heavy atom. The van der Waals surface area contributed by atoms with Crippen LogP contribution >= 0.6 is 24.0 Å². The van der Waals surface area contributed by atoms with Gasteiger partial charge >= 0.3 is 0 Å². The summed E-state index contributed by atoms with van der Waals surface area (Å²) in [6.45, 7) is 8.41. The second kappa shape index (κ2) is 12.5. The number of rotatable bonds is 9. The predicted molar refractivity (Wildman–Crippen MR) is 115 cm³/mol. The van der Waals surface area contributed by atoms with Crippen LogP contribution in [0.1, 0.15) is 12.6 Å². The number of halogens is 1. The topological polar surface area (TPSA) is 100 Å². The molecule has 1 aliphatic rings. The number of sulfone groups is 1. The number of nitrogens with one attached hydrogen (secondary N) is 1. The van der Waals surface area contributed by atoms with Crippen LogP contribution in [0.3, 0.4) is 0 Å². The van der Waals surface area contributed by atoms with Crippen molar-refractivity contribution in [3.05, 3.63) is 18.0 Å². The molecule has 0 amide bonds. The average Bonchev–Trinajstić information content (AvgIpc) is 3.10. The summed E-state index contributed by atoms with van der Waals surface area (Å²) in [5, 5.41) is 7.26. The van der Waals surface area contributed by atoms with E-state index >= 15 is 0 Å². The lowest BCUT2D eigenvalue weighted by atomic mass is 10.3. The van der Waals surface area contributed by atoms with E-state index < -0.39 is 9.84 Å². The molecular weight excluding hydrogens is 485 g/mol. The van der Waals surface area contributed by atoms with Gasteiger partial charge in [0.05, 0.1) is 31.2 Å². The van der Waals surface area contributed by atoms with E-state index in [0.717, 1.165) is 50.9 Å². The second-order valence-corrected chi connectivity index (χ2v) is 8.49. The van der Waals surface area contributed by atoms with Crippen LogP contribution in [-0.2, 0) is 21.1 Å². The molecule has 1 saturated heterocycles. The second-order valence-electron chi connectivity index (χ2n) is 6.23. The molecule has 0 spiro atoms. The minimum atomic E-state index is -2.97. The first kappa shape index (κ1) is 24.1. The van der Waals surface area contributed by atoms with Crippen LogP contribution in [0.25, 0.3) is 0 Å². The van der Waals surface area contributed by atoms with Crippen molar-refractivity contribution in [1.82, 2.24) is 20.3 Å². The number of ether oxygens (including phenoxy) is 1. The standard InChI is InChI=1S/C16H29N5O4S.HI/c1-3-17-16(18-5-11-24-12-13-26(2,22)23)21-8-6-20(7-9-21)14-15-4-10-25-19-15;/h4,10H,3,5-9,11-14H2,1-2H3,(H,17,18);1H. The Morgan fingerprint density at radius 1 is 1.33 bits per heavy atom. The number of nitrogens with zero attached hydrogens (tertiary/aromatic N) is 4. The van der Waals surface area contributed by atoms with Crippen molar-refractivity contribution in [2.45, 2.75) is 13.5 Å². The molecule has 0 unspecified atom stereocenters. The lowest BCUT2D eigenvalue weighted by Gasteiger charge is -2.36. The van der Waals surface area contributed by atoms with E-state index in [2.05, 4.69) is 25.3 Å². The van der Waals surface area contributed by atoms with Gasteiger partial charge in [0.25, 0.3) is 0 Å². The van der Waals surface area contributed by atoms with Gasteiger partial charge in [0.1, 0.15) is 16.1 Å². The number of piperazine rings is 1. The van der Waals surface area contributed by atoms with Gasteiger partial charge in [0.15, 0.2) is 5.96 Å². The molecule has 1 fully saturated rings. The first-order valence-electron chi connectivity index (χ1n) is 8.88. The van der Waals surface area contributed by atoms with Gasteiger partial charge in [-0.15, -0.1) is 24.0 Å². The molecule has 1 aliphatic heterocycles. The molecule has 2 heterocycles. The SMILES string of the molecule is CCNC(=NCCOCCS(C)(=O)=O)N1CCN(Cc2ccon2)CC1.I. The summed E-state index contributed by atoms with van der Waals surface area (Å²) in [5.41, 5.74) is 0.949. The maximum atomic E-state index is 11.1. The Morgan fingerprint density at radius 2 is 2.07 bits per heavy atom. The van der Waals surface area contributed by atoms with Crippen LogP contribution in [0.4, 0.5) is 0 Å². The summed E-state index contributed by atoms with van der Waals surface area (Å²) in [6.07, 6.45) is 2.81. The summed E-state index contributed by atoms with van der Waals surface area (Å²) in [7, 11) is -2.97. The van der Waals surface area contributed by atoms with Crippen molar-refractivity contribution in [3.63, 3.8) is 0 Å². The van der Waals surface area contributed by atoms with Crippen molar-refractivity contribution in [2.24, 2.45) is 4.99 Å². The fourth-order valence-corrected chi connectivity index (χ4v) is 3.04. The maximum absolute atomic E-state index is 11.1. The number of aromatic nitrogens is 1. The Bertz CT molecular complexity index is 646. The zero-order chi connectivity index (χ0) is 18.8. The number of aliphatic imine (C=N–C) groups is 1. The summed E-state index contributed by atoms with van der Waals surface area (Å²) >= 11 is 0. The third-order valence-corrected chi connectivity index (χ3v) is 4.89. The molecule has 1 aromatic rings. The molecule has 2 rings (SSSR count). The van der Waals surface area contributed by atoms with Crippen LogP contribution in [0, 0.1) is 0 Å². The molecule has 11 heteroatoms. The third kappa shape index (κ3) is 9.72. The fourth-order valence-electron chi connectivity index (χ4n) is 2.62. The Kier molecular flexibility index (Phi) is 11.2. The van der Waals surface area contributed by atoms with Crippen molar-refractivity contribution >= 4 is 39.8 Å². The molecule has 156 valence electrons. The first-order valence-corrected chi connectivity index (χ1v) is 10.9. The average molecular weight is 515 g/mol. The Labute approximate surface area is 178 Å². The largest absolute Gasteiger partial charge is 0.378 e. The molecule has 0 aromatic carbocycles. The van der Waals surface area contributed by atoms with E-state index in [-0.39, 0.29) is 36.3 Å². The van der Waals surface area contributed by atoms with E-state index in [9.17, 15) is 8.42 Å². The van der Waals surface area contributed by atoms with Gasteiger partial charge in [0.2, 0.25) is 0 Å². The van der Waals surface area contributed by atoms with Crippen molar-refractivity contribution < 1.29 is 17.7 Å². The van der Waals surface area contributed by atoms with Crippen LogP contribution in [0.5, 0.6) is 0 Å². The summed E-state index contributed by atoms with van der Waals surface area (Å²) in [5.74, 6) is 0.921. The smallest absolute Gasteiger partial charge is 0.194 e. The normalized spacial score (nSPS) is 16.2. The summed E-state index contributed by atoms with van der Waals surface area (Å²) in [4.78, 5) is 9.16. The van der Waals surface area contributed by atoms with Gasteiger partial charge in [-0.1, -0.05) is 5.16 Å². The highest BCUT2D eigenvalue weighted by Gasteiger charge is 2.20. The molecular formula is C16H30IN5O4S. The molecule has 0 radical (unpaired) electrons. The number of guanidine groups is 1. The van der Waals surface area contributed by atoms with E-state index in [0.29, 0.717) is 13.2 Å². The minimum absolute atomic E-state index is 0. The number of hydrogen-bond acceptors (Lipinski definition) is 7. The molecule has 0 aliphatic carbocycles. The quantitative estimate of drug-likeness (QED) is 0.219. The van der Waals surface area contributed by atoms with Gasteiger partial charge < -0.3 is 19.5 Å². The van der Waals surface area contributed by atoms with Gasteiger partial charge in [0, 0.05) is 51.6 Å². The molecule has 0 atom stereocenters.